The number of nitrogen functional groups attached to an aromatic ring is 1. The number of amides is 1. The van der Waals surface area contributed by atoms with Crippen LogP contribution in [-0.2, 0) is 11.2 Å². The highest BCUT2D eigenvalue weighted by Crippen LogP contribution is 2.30. The summed E-state index contributed by atoms with van der Waals surface area (Å²) in [6, 6.07) is 5.07. The summed E-state index contributed by atoms with van der Waals surface area (Å²) in [7, 11) is 0. The van der Waals surface area contributed by atoms with Gasteiger partial charge >= 0.3 is 0 Å². The second kappa shape index (κ2) is 4.24. The zero-order valence-electron chi connectivity index (χ0n) is 10.0. The predicted molar refractivity (Wildman–Crippen MR) is 67.8 cm³/mol. The third-order valence-corrected chi connectivity index (χ3v) is 3.73. The number of carbonyl (C=O) groups is 1. The molecule has 0 radical (unpaired) electrons. The first-order valence-electron chi connectivity index (χ1n) is 6.24. The Kier molecular flexibility index (Phi) is 2.70. The number of nitrogens with one attached hydrogen (secondary N) is 1. The fraction of sp³-hybridized carbons (Fsp3) is 0.462. The molecule has 3 N–H and O–H groups in total. The van der Waals surface area contributed by atoms with Gasteiger partial charge in [0.05, 0.1) is 6.04 Å². The van der Waals surface area contributed by atoms with Crippen LogP contribution in [0.4, 0.5) is 15.8 Å². The Morgan fingerprint density at radius 1 is 1.44 bits per heavy atom. The van der Waals surface area contributed by atoms with Crippen molar-refractivity contribution in [2.45, 2.75) is 31.6 Å². The smallest absolute Gasteiger partial charge is 0.242 e. The minimum Gasteiger partial charge on any atom is -0.399 e. The van der Waals surface area contributed by atoms with Gasteiger partial charge in [-0.05, 0) is 37.0 Å². The maximum absolute atomic E-state index is 13.7. The maximum Gasteiger partial charge on any atom is 0.242 e. The van der Waals surface area contributed by atoms with Crippen LogP contribution in [0.5, 0.6) is 0 Å². The molecule has 2 unspecified atom stereocenters. The Labute approximate surface area is 105 Å². The second-order valence-corrected chi connectivity index (χ2v) is 4.94. The van der Waals surface area contributed by atoms with Crippen molar-refractivity contribution in [1.82, 2.24) is 4.90 Å². The average molecular weight is 249 g/mol. The summed E-state index contributed by atoms with van der Waals surface area (Å²) in [6.07, 6.45) is 0.913. The monoisotopic (exact) mass is 249 g/mol. The van der Waals surface area contributed by atoms with E-state index in [1.807, 2.05) is 12.1 Å². The van der Waals surface area contributed by atoms with Crippen molar-refractivity contribution in [2.24, 2.45) is 0 Å². The highest BCUT2D eigenvalue weighted by Gasteiger charge is 2.37. The third kappa shape index (κ3) is 1.84. The van der Waals surface area contributed by atoms with Gasteiger partial charge in [0.2, 0.25) is 5.91 Å². The van der Waals surface area contributed by atoms with Crippen LogP contribution in [0.2, 0.25) is 0 Å². The molecule has 1 fully saturated rings. The molecule has 0 aromatic heterocycles. The summed E-state index contributed by atoms with van der Waals surface area (Å²) in [5.74, 6) is -0.127. The normalized spacial score (nSPS) is 27.9. The van der Waals surface area contributed by atoms with Crippen molar-refractivity contribution < 1.29 is 9.18 Å². The zero-order valence-corrected chi connectivity index (χ0v) is 10.0. The molecule has 3 rings (SSSR count). The minimum atomic E-state index is -0.990. The number of rotatable bonds is 1. The van der Waals surface area contributed by atoms with Crippen LogP contribution in [0.3, 0.4) is 0 Å². The van der Waals surface area contributed by atoms with Crippen molar-refractivity contribution in [3.8, 4) is 0 Å². The highest BCUT2D eigenvalue weighted by molar-refractivity contribution is 5.98. The van der Waals surface area contributed by atoms with Crippen molar-refractivity contribution >= 4 is 17.3 Å². The van der Waals surface area contributed by atoms with Crippen LogP contribution >= 0.6 is 0 Å². The number of hydrogen-bond donors (Lipinski definition) is 2. The standard InChI is InChI=1S/C13H16FN3O/c14-12-2-1-5-17(12)11-6-8-3-4-9(15)7-10(8)16-13(11)18/h3-4,7,11-12H,1-2,5-6,15H2,(H,16,18). The Morgan fingerprint density at radius 2 is 2.28 bits per heavy atom. The number of halogens is 1. The van der Waals surface area contributed by atoms with E-state index in [-0.39, 0.29) is 5.91 Å². The summed E-state index contributed by atoms with van der Waals surface area (Å²) in [4.78, 5) is 13.7. The molecule has 1 aromatic rings. The molecule has 0 bridgehead atoms. The highest BCUT2D eigenvalue weighted by atomic mass is 19.1. The summed E-state index contributed by atoms with van der Waals surface area (Å²) < 4.78 is 13.7. The number of hydrogen-bond acceptors (Lipinski definition) is 3. The summed E-state index contributed by atoms with van der Waals surface area (Å²) in [6.45, 7) is 0.656. The topological polar surface area (TPSA) is 58.4 Å². The quantitative estimate of drug-likeness (QED) is 0.586. The Hall–Kier alpha value is -1.62. The van der Waals surface area contributed by atoms with Gasteiger partial charge in [0.15, 0.2) is 6.30 Å². The Bertz CT molecular complexity index is 491. The second-order valence-electron chi connectivity index (χ2n) is 4.94. The van der Waals surface area contributed by atoms with E-state index in [1.165, 1.54) is 0 Å². The van der Waals surface area contributed by atoms with Gasteiger partial charge in [0, 0.05) is 17.9 Å². The van der Waals surface area contributed by atoms with Crippen LogP contribution in [-0.4, -0.2) is 29.7 Å². The number of carbonyl (C=O) groups excluding carboxylic acids is 1. The lowest BCUT2D eigenvalue weighted by molar-refractivity contribution is -0.123. The fourth-order valence-corrected chi connectivity index (χ4v) is 2.77. The van der Waals surface area contributed by atoms with Crippen molar-refractivity contribution in [3.63, 3.8) is 0 Å². The van der Waals surface area contributed by atoms with Gasteiger partial charge in [-0.1, -0.05) is 6.07 Å². The molecule has 1 amide bonds. The molecule has 1 aromatic carbocycles. The lowest BCUT2D eigenvalue weighted by atomic mass is 9.97. The Balaban J connectivity index is 1.87. The number of nitrogens with two attached hydrogens (primary N) is 1. The molecule has 0 aliphatic carbocycles. The number of likely N-dealkylation sites (tertiary alicyclic amines) is 1. The van der Waals surface area contributed by atoms with E-state index in [0.717, 1.165) is 17.7 Å². The van der Waals surface area contributed by atoms with Crippen LogP contribution in [0.25, 0.3) is 0 Å². The molecule has 2 heterocycles. The van der Waals surface area contributed by atoms with Crippen molar-refractivity contribution in [3.05, 3.63) is 23.8 Å². The fourth-order valence-electron chi connectivity index (χ4n) is 2.77. The molecule has 2 atom stereocenters. The number of alkyl halides is 1. The molecule has 5 heteroatoms. The van der Waals surface area contributed by atoms with Gasteiger partial charge in [0.1, 0.15) is 0 Å². The third-order valence-electron chi connectivity index (χ3n) is 3.73. The average Bonchev–Trinajstić information content (AvgIpc) is 2.74. The minimum absolute atomic E-state index is 0.127. The summed E-state index contributed by atoms with van der Waals surface area (Å²) in [5.41, 5.74) is 8.08. The summed E-state index contributed by atoms with van der Waals surface area (Å²) >= 11 is 0. The maximum atomic E-state index is 13.7. The number of anilines is 2. The van der Waals surface area contributed by atoms with Gasteiger partial charge in [0.25, 0.3) is 0 Å². The van der Waals surface area contributed by atoms with E-state index in [0.29, 0.717) is 25.1 Å². The van der Waals surface area contributed by atoms with Crippen LogP contribution in [0, 0.1) is 0 Å². The SMILES string of the molecule is Nc1ccc2c(c1)NC(=O)C(N1CCCC1F)C2. The first-order valence-corrected chi connectivity index (χ1v) is 6.24. The molecule has 0 spiro atoms. The zero-order chi connectivity index (χ0) is 12.7. The lowest BCUT2D eigenvalue weighted by Crippen LogP contribution is -2.48. The van der Waals surface area contributed by atoms with E-state index >= 15 is 0 Å². The van der Waals surface area contributed by atoms with E-state index in [9.17, 15) is 9.18 Å². The molecule has 1 saturated heterocycles. The van der Waals surface area contributed by atoms with Gasteiger partial charge in [-0.3, -0.25) is 9.69 Å². The molecule has 96 valence electrons. The van der Waals surface area contributed by atoms with E-state index < -0.39 is 12.3 Å². The molecule has 18 heavy (non-hydrogen) atoms. The molecule has 2 aliphatic rings. The molecular formula is C13H16FN3O. The van der Waals surface area contributed by atoms with Crippen molar-refractivity contribution in [2.75, 3.05) is 17.6 Å². The lowest BCUT2D eigenvalue weighted by Gasteiger charge is -2.32. The number of nitrogens with zero attached hydrogens (tertiary/aromatic N) is 1. The largest absolute Gasteiger partial charge is 0.399 e. The number of fused-ring (bicyclic) bond motifs is 1. The van der Waals surface area contributed by atoms with Crippen molar-refractivity contribution in [1.29, 1.82) is 0 Å². The van der Waals surface area contributed by atoms with Crippen LogP contribution in [0.1, 0.15) is 18.4 Å². The first kappa shape index (κ1) is 11.5. The van der Waals surface area contributed by atoms with E-state index in [4.69, 9.17) is 5.73 Å². The van der Waals surface area contributed by atoms with Gasteiger partial charge in [-0.2, -0.15) is 0 Å². The van der Waals surface area contributed by atoms with Crippen LogP contribution < -0.4 is 11.1 Å². The molecule has 2 aliphatic heterocycles. The molecular weight excluding hydrogens is 233 g/mol. The predicted octanol–water partition coefficient (Wildman–Crippen LogP) is 1.52. The first-order chi connectivity index (χ1) is 8.65. The van der Waals surface area contributed by atoms with Gasteiger partial charge < -0.3 is 11.1 Å². The van der Waals surface area contributed by atoms with Gasteiger partial charge in [-0.25, -0.2) is 4.39 Å². The molecule has 0 saturated carbocycles. The van der Waals surface area contributed by atoms with Crippen LogP contribution in [0.15, 0.2) is 18.2 Å². The summed E-state index contributed by atoms with van der Waals surface area (Å²) in [5, 5.41) is 2.82. The number of benzene rings is 1. The molecule has 4 nitrogen and oxygen atoms in total. The van der Waals surface area contributed by atoms with Gasteiger partial charge in [-0.15, -0.1) is 0 Å². The van der Waals surface area contributed by atoms with E-state index in [2.05, 4.69) is 5.32 Å². The Morgan fingerprint density at radius 3 is 3.00 bits per heavy atom. The van der Waals surface area contributed by atoms with E-state index in [1.54, 1.807) is 11.0 Å².